The van der Waals surface area contributed by atoms with E-state index < -0.39 is 0 Å². The summed E-state index contributed by atoms with van der Waals surface area (Å²) in [7, 11) is 0. The number of nitrogens with zero attached hydrogens (tertiary/aromatic N) is 1. The minimum Gasteiger partial charge on any atom is -0.255 e. The summed E-state index contributed by atoms with van der Waals surface area (Å²) >= 11 is 9.01. The molecule has 1 nitrogen and oxygen atoms in total. The third kappa shape index (κ3) is 1.64. The molecule has 0 saturated heterocycles. The predicted octanol–water partition coefficient (Wildman–Crippen LogP) is 5.57. The highest BCUT2D eigenvalue weighted by Crippen LogP contribution is 2.57. The van der Waals surface area contributed by atoms with Crippen LogP contribution in [0.15, 0.2) is 30.5 Å². The van der Waals surface area contributed by atoms with Gasteiger partial charge in [0.2, 0.25) is 0 Å². The van der Waals surface area contributed by atoms with E-state index in [9.17, 15) is 0 Å². The molecule has 2 aliphatic carbocycles. The smallest absolute Gasteiger partial charge is 0.0761 e. The molecule has 0 N–H and O–H groups in total. The minimum absolute atomic E-state index is 0.120. The highest BCUT2D eigenvalue weighted by atomic mass is 127. The van der Waals surface area contributed by atoms with Crippen molar-refractivity contribution in [3.8, 4) is 11.3 Å². The van der Waals surface area contributed by atoms with Gasteiger partial charge in [0.15, 0.2) is 0 Å². The summed E-state index contributed by atoms with van der Waals surface area (Å²) in [5.74, 6) is 0. The van der Waals surface area contributed by atoms with Crippen molar-refractivity contribution in [2.45, 2.75) is 37.5 Å². The number of hydrogen-bond acceptors (Lipinski definition) is 1. The second-order valence-corrected chi connectivity index (χ2v) is 7.37. The summed E-state index contributed by atoms with van der Waals surface area (Å²) < 4.78 is 1.07. The van der Waals surface area contributed by atoms with Crippen molar-refractivity contribution in [1.29, 1.82) is 0 Å². The van der Waals surface area contributed by atoms with Gasteiger partial charge in [-0.2, -0.15) is 0 Å². The molecule has 0 amide bonds. The van der Waals surface area contributed by atoms with Crippen LogP contribution in [0.4, 0.5) is 0 Å². The molecule has 1 saturated carbocycles. The quantitative estimate of drug-likeness (QED) is 0.531. The first-order chi connectivity index (χ1) is 9.74. The van der Waals surface area contributed by atoms with Gasteiger partial charge in [-0.3, -0.25) is 4.98 Å². The molecule has 1 heterocycles. The molecule has 102 valence electrons. The molecule has 0 radical (unpaired) electrons. The largest absolute Gasteiger partial charge is 0.255 e. The van der Waals surface area contributed by atoms with Gasteiger partial charge < -0.3 is 0 Å². The monoisotopic (exact) mass is 395 g/mol. The van der Waals surface area contributed by atoms with Gasteiger partial charge in [-0.25, -0.2) is 0 Å². The molecule has 0 atom stereocenters. The fourth-order valence-electron chi connectivity index (χ4n) is 4.02. The summed E-state index contributed by atoms with van der Waals surface area (Å²) in [6, 6.07) is 8.75. The second kappa shape index (κ2) is 4.70. The highest BCUT2D eigenvalue weighted by Gasteiger charge is 2.46. The van der Waals surface area contributed by atoms with E-state index in [0.717, 1.165) is 14.3 Å². The van der Waals surface area contributed by atoms with Crippen molar-refractivity contribution in [2.24, 2.45) is 0 Å². The lowest BCUT2D eigenvalue weighted by Crippen LogP contribution is -2.28. The van der Waals surface area contributed by atoms with Crippen molar-refractivity contribution in [2.75, 3.05) is 0 Å². The summed E-state index contributed by atoms with van der Waals surface area (Å²) in [4.78, 5) is 4.72. The number of aromatic nitrogens is 1. The van der Waals surface area contributed by atoms with Crippen molar-refractivity contribution in [3.05, 3.63) is 50.2 Å². The summed E-state index contributed by atoms with van der Waals surface area (Å²) in [5, 5.41) is 0.925. The average molecular weight is 396 g/mol. The Morgan fingerprint density at radius 3 is 2.65 bits per heavy atom. The Kier molecular flexibility index (Phi) is 3.08. The first-order valence-corrected chi connectivity index (χ1v) is 8.64. The predicted molar refractivity (Wildman–Crippen MR) is 91.3 cm³/mol. The van der Waals surface area contributed by atoms with Gasteiger partial charge in [0, 0.05) is 22.7 Å². The topological polar surface area (TPSA) is 12.9 Å². The molecular weight excluding hydrogens is 381 g/mol. The van der Waals surface area contributed by atoms with Crippen LogP contribution in [0, 0.1) is 3.57 Å². The fourth-order valence-corrected chi connectivity index (χ4v) is 4.75. The Balaban J connectivity index is 2.07. The summed E-state index contributed by atoms with van der Waals surface area (Å²) in [6.45, 7) is 0. The lowest BCUT2D eigenvalue weighted by Gasteiger charge is -2.36. The number of hydrogen-bond donors (Lipinski definition) is 0. The maximum absolute atomic E-state index is 6.70. The Labute approximate surface area is 137 Å². The van der Waals surface area contributed by atoms with E-state index in [4.69, 9.17) is 16.6 Å². The Hall–Kier alpha value is -0.610. The normalized spacial score (nSPS) is 18.9. The molecular formula is C17H15ClIN. The Bertz CT molecular complexity index is 689. The fraction of sp³-hybridized carbons (Fsp3) is 0.353. The third-order valence-corrected chi connectivity index (χ3v) is 6.39. The van der Waals surface area contributed by atoms with Crippen LogP contribution in [0.1, 0.15) is 43.2 Å². The van der Waals surface area contributed by atoms with E-state index >= 15 is 0 Å². The maximum atomic E-state index is 6.70. The van der Waals surface area contributed by atoms with E-state index in [1.165, 1.54) is 48.8 Å². The molecule has 0 bridgehead atoms. The van der Waals surface area contributed by atoms with Crippen LogP contribution in [0.3, 0.4) is 0 Å². The molecule has 1 spiro atoms. The van der Waals surface area contributed by atoms with Gasteiger partial charge in [-0.05, 0) is 41.0 Å². The highest BCUT2D eigenvalue weighted by molar-refractivity contribution is 14.1. The molecule has 2 aliphatic rings. The van der Waals surface area contributed by atoms with Gasteiger partial charge in [0.1, 0.15) is 0 Å². The molecule has 2 aromatic rings. The van der Waals surface area contributed by atoms with Crippen molar-refractivity contribution in [3.63, 3.8) is 0 Å². The Morgan fingerprint density at radius 1 is 1.10 bits per heavy atom. The Morgan fingerprint density at radius 2 is 1.85 bits per heavy atom. The van der Waals surface area contributed by atoms with Gasteiger partial charge in [-0.15, -0.1) is 0 Å². The molecule has 4 rings (SSSR count). The number of benzene rings is 1. The summed E-state index contributed by atoms with van der Waals surface area (Å²) in [5.41, 5.74) is 5.28. The van der Waals surface area contributed by atoms with Gasteiger partial charge in [0.05, 0.1) is 14.3 Å². The number of pyridine rings is 1. The van der Waals surface area contributed by atoms with Crippen molar-refractivity contribution in [1.82, 2.24) is 4.98 Å². The number of rotatable bonds is 0. The van der Waals surface area contributed by atoms with Crippen molar-refractivity contribution < 1.29 is 0 Å². The zero-order valence-corrected chi connectivity index (χ0v) is 14.0. The SMILES string of the molecule is Clc1c(I)cnc2c1C1(CCCCC1)c1ccccc1-2. The lowest BCUT2D eigenvalue weighted by molar-refractivity contribution is 0.352. The van der Waals surface area contributed by atoms with Crippen LogP contribution in [0.25, 0.3) is 11.3 Å². The molecule has 3 heteroatoms. The zero-order chi connectivity index (χ0) is 13.7. The molecule has 20 heavy (non-hydrogen) atoms. The number of halogens is 2. The second-order valence-electron chi connectivity index (χ2n) is 5.83. The van der Waals surface area contributed by atoms with Crippen LogP contribution in [-0.2, 0) is 5.41 Å². The van der Waals surface area contributed by atoms with Crippen LogP contribution < -0.4 is 0 Å². The first kappa shape index (κ1) is 13.1. The minimum atomic E-state index is 0.120. The van der Waals surface area contributed by atoms with Gasteiger partial charge in [-0.1, -0.05) is 55.1 Å². The lowest BCUT2D eigenvalue weighted by atomic mass is 9.68. The van der Waals surface area contributed by atoms with E-state index in [2.05, 4.69) is 46.9 Å². The van der Waals surface area contributed by atoms with E-state index in [-0.39, 0.29) is 5.41 Å². The van der Waals surface area contributed by atoms with Crippen LogP contribution in [0.2, 0.25) is 5.02 Å². The van der Waals surface area contributed by atoms with Gasteiger partial charge >= 0.3 is 0 Å². The van der Waals surface area contributed by atoms with E-state index in [1.807, 2.05) is 6.20 Å². The molecule has 1 aromatic heterocycles. The molecule has 1 fully saturated rings. The summed E-state index contributed by atoms with van der Waals surface area (Å²) in [6.07, 6.45) is 8.23. The van der Waals surface area contributed by atoms with Crippen LogP contribution >= 0.6 is 34.2 Å². The standard InChI is InChI=1S/C17H15ClIN/c18-15-13(19)10-20-16-11-6-2-3-7-12(11)17(14(15)16)8-4-1-5-9-17/h2-3,6-7,10H,1,4-5,8-9H2. The maximum Gasteiger partial charge on any atom is 0.0761 e. The van der Waals surface area contributed by atoms with E-state index in [0.29, 0.717) is 0 Å². The number of fused-ring (bicyclic) bond motifs is 5. The molecule has 0 unspecified atom stereocenters. The molecule has 0 aliphatic heterocycles. The van der Waals surface area contributed by atoms with Gasteiger partial charge in [0.25, 0.3) is 0 Å². The molecule has 1 aromatic carbocycles. The first-order valence-electron chi connectivity index (χ1n) is 7.18. The average Bonchev–Trinajstić information content (AvgIpc) is 2.75. The third-order valence-electron chi connectivity index (χ3n) is 4.86. The van der Waals surface area contributed by atoms with Crippen molar-refractivity contribution >= 4 is 34.2 Å². The van der Waals surface area contributed by atoms with E-state index in [1.54, 1.807) is 0 Å². The van der Waals surface area contributed by atoms with Crippen LogP contribution in [0.5, 0.6) is 0 Å². The van der Waals surface area contributed by atoms with Crippen LogP contribution in [-0.4, -0.2) is 4.98 Å². The zero-order valence-electron chi connectivity index (χ0n) is 11.1.